The molecular weight excluding hydrogens is 439 g/mol. The molecule has 0 saturated carbocycles. The minimum Gasteiger partial charge on any atom is -0.449 e. The maximum absolute atomic E-state index is 12.2. The van der Waals surface area contributed by atoms with Crippen LogP contribution in [0.25, 0.3) is 0 Å². The molecule has 10 heteroatoms. The summed E-state index contributed by atoms with van der Waals surface area (Å²) in [6.07, 6.45) is 3.90. The number of nitrogens with one attached hydrogen (secondary N) is 2. The number of carbonyl (C=O) groups is 2. The Bertz CT molecular complexity index is 1060. The average molecular weight is 455 g/mol. The zero-order chi connectivity index (χ0) is 21.6. The van der Waals surface area contributed by atoms with E-state index in [4.69, 9.17) is 34.4 Å². The van der Waals surface area contributed by atoms with E-state index in [1.165, 1.54) is 43.3 Å². The van der Waals surface area contributed by atoms with Crippen LogP contribution in [0.15, 0.2) is 47.4 Å². The number of amides is 1. The van der Waals surface area contributed by atoms with E-state index >= 15 is 0 Å². The van der Waals surface area contributed by atoms with Crippen molar-refractivity contribution in [1.29, 1.82) is 0 Å². The quantitative estimate of drug-likeness (QED) is 0.494. The number of ether oxygens (including phenoxy) is 1. The largest absolute Gasteiger partial charge is 0.449 e. The number of halogens is 2. The molecule has 2 rings (SSSR count). The van der Waals surface area contributed by atoms with Gasteiger partial charge in [0, 0.05) is 5.02 Å². The van der Waals surface area contributed by atoms with Crippen LogP contribution in [0.5, 0.6) is 0 Å². The molecule has 0 heterocycles. The van der Waals surface area contributed by atoms with Crippen molar-refractivity contribution in [2.75, 3.05) is 11.9 Å². The summed E-state index contributed by atoms with van der Waals surface area (Å²) in [4.78, 5) is 24.4. The van der Waals surface area contributed by atoms with Gasteiger partial charge in [0.25, 0.3) is 5.91 Å². The van der Waals surface area contributed by atoms with Gasteiger partial charge in [0.1, 0.15) is 0 Å². The Balaban J connectivity index is 2.02. The normalized spacial score (nSPS) is 11.9. The Hall–Kier alpha value is -2.57. The molecule has 152 valence electrons. The highest BCUT2D eigenvalue weighted by atomic mass is 35.5. The molecular formula is C19H16Cl2N2O5S. The monoisotopic (exact) mass is 454 g/mol. The minimum absolute atomic E-state index is 0.0625. The number of esters is 1. The summed E-state index contributed by atoms with van der Waals surface area (Å²) in [5, 5.41) is 3.18. The van der Waals surface area contributed by atoms with Gasteiger partial charge in [-0.1, -0.05) is 29.1 Å². The Morgan fingerprint density at radius 3 is 2.41 bits per heavy atom. The van der Waals surface area contributed by atoms with Gasteiger partial charge in [-0.05, 0) is 49.4 Å². The van der Waals surface area contributed by atoms with E-state index < -0.39 is 28.0 Å². The third kappa shape index (κ3) is 6.21. The Morgan fingerprint density at radius 2 is 1.83 bits per heavy atom. The minimum atomic E-state index is -3.77. The highest BCUT2D eigenvalue weighted by Gasteiger charge is 2.21. The summed E-state index contributed by atoms with van der Waals surface area (Å²) in [5.41, 5.74) is 0.392. The van der Waals surface area contributed by atoms with E-state index in [9.17, 15) is 18.0 Å². The molecule has 0 fully saturated rings. The van der Waals surface area contributed by atoms with Crippen LogP contribution < -0.4 is 10.0 Å². The fourth-order valence-electron chi connectivity index (χ4n) is 2.10. The van der Waals surface area contributed by atoms with E-state index in [-0.39, 0.29) is 22.0 Å². The maximum Gasteiger partial charge on any atom is 0.338 e. The van der Waals surface area contributed by atoms with Crippen molar-refractivity contribution in [2.45, 2.75) is 17.9 Å². The lowest BCUT2D eigenvalue weighted by Crippen LogP contribution is -2.30. The number of hydrogen-bond donors (Lipinski definition) is 2. The molecule has 1 unspecified atom stereocenters. The molecule has 0 aromatic heterocycles. The van der Waals surface area contributed by atoms with Gasteiger partial charge in [0.15, 0.2) is 6.10 Å². The number of carbonyl (C=O) groups excluding carboxylic acids is 2. The van der Waals surface area contributed by atoms with Gasteiger partial charge in [-0.25, -0.2) is 13.2 Å². The number of sulfonamides is 1. The van der Waals surface area contributed by atoms with Gasteiger partial charge in [0.05, 0.1) is 27.7 Å². The van der Waals surface area contributed by atoms with Crippen LogP contribution in [-0.4, -0.2) is 32.9 Å². The summed E-state index contributed by atoms with van der Waals surface area (Å²) in [7, 11) is -3.77. The van der Waals surface area contributed by atoms with Gasteiger partial charge < -0.3 is 10.1 Å². The first-order valence-electron chi connectivity index (χ1n) is 8.14. The van der Waals surface area contributed by atoms with Crippen molar-refractivity contribution in [3.05, 3.63) is 58.1 Å². The lowest BCUT2D eigenvalue weighted by Gasteiger charge is -2.14. The Morgan fingerprint density at radius 1 is 1.17 bits per heavy atom. The lowest BCUT2D eigenvalue weighted by molar-refractivity contribution is -0.123. The van der Waals surface area contributed by atoms with Crippen LogP contribution in [0.1, 0.15) is 17.3 Å². The van der Waals surface area contributed by atoms with Crippen LogP contribution in [-0.2, 0) is 19.6 Å². The second kappa shape index (κ2) is 9.76. The summed E-state index contributed by atoms with van der Waals surface area (Å²) in [5.74, 6) is 0.769. The molecule has 0 aliphatic heterocycles. The average Bonchev–Trinajstić information content (AvgIpc) is 2.68. The first kappa shape index (κ1) is 22.7. The SMILES string of the molecule is C#CCNS(=O)(=O)c1ccc(C(=O)OC(C)C(=O)Nc2ccc(Cl)cc2Cl)cc1. The van der Waals surface area contributed by atoms with Crippen LogP contribution in [0, 0.1) is 12.3 Å². The molecule has 0 aliphatic rings. The smallest absolute Gasteiger partial charge is 0.338 e. The van der Waals surface area contributed by atoms with Crippen LogP contribution >= 0.6 is 23.2 Å². The zero-order valence-electron chi connectivity index (χ0n) is 15.1. The molecule has 0 aliphatic carbocycles. The van der Waals surface area contributed by atoms with Gasteiger partial charge in [-0.2, -0.15) is 4.72 Å². The van der Waals surface area contributed by atoms with Crippen LogP contribution in [0.2, 0.25) is 10.0 Å². The molecule has 1 atom stereocenters. The Kier molecular flexibility index (Phi) is 7.65. The summed E-state index contributed by atoms with van der Waals surface area (Å²) >= 11 is 11.8. The molecule has 2 aromatic rings. The third-order valence-corrected chi connectivity index (χ3v) is 5.57. The predicted molar refractivity (Wildman–Crippen MR) is 110 cm³/mol. The summed E-state index contributed by atoms with van der Waals surface area (Å²) in [6.45, 7) is 1.23. The van der Waals surface area contributed by atoms with E-state index in [2.05, 4.69) is 16.0 Å². The maximum atomic E-state index is 12.2. The molecule has 0 spiro atoms. The molecule has 2 N–H and O–H groups in total. The number of anilines is 1. The van der Waals surface area contributed by atoms with Gasteiger partial charge in [-0.15, -0.1) is 6.42 Å². The molecule has 1 amide bonds. The second-order valence-electron chi connectivity index (χ2n) is 5.71. The van der Waals surface area contributed by atoms with Crippen molar-refractivity contribution < 1.29 is 22.7 Å². The lowest BCUT2D eigenvalue weighted by atomic mass is 10.2. The molecule has 0 radical (unpaired) electrons. The Labute approximate surface area is 178 Å². The molecule has 7 nitrogen and oxygen atoms in total. The summed E-state index contributed by atoms with van der Waals surface area (Å²) in [6, 6.07) is 9.53. The molecule has 0 saturated heterocycles. The van der Waals surface area contributed by atoms with Gasteiger partial charge in [-0.3, -0.25) is 4.79 Å². The number of hydrogen-bond acceptors (Lipinski definition) is 5. The fourth-order valence-corrected chi connectivity index (χ4v) is 3.49. The topological polar surface area (TPSA) is 102 Å². The molecule has 29 heavy (non-hydrogen) atoms. The number of benzene rings is 2. The molecule has 2 aromatic carbocycles. The first-order valence-corrected chi connectivity index (χ1v) is 10.4. The van der Waals surface area contributed by atoms with Crippen LogP contribution in [0.3, 0.4) is 0 Å². The van der Waals surface area contributed by atoms with E-state index in [1.807, 2.05) is 0 Å². The van der Waals surface area contributed by atoms with Crippen LogP contribution in [0.4, 0.5) is 5.69 Å². The predicted octanol–water partition coefficient (Wildman–Crippen LogP) is 3.09. The molecule has 0 bridgehead atoms. The van der Waals surface area contributed by atoms with Gasteiger partial charge >= 0.3 is 5.97 Å². The van der Waals surface area contributed by atoms with Crippen molar-refractivity contribution in [3.63, 3.8) is 0 Å². The van der Waals surface area contributed by atoms with Gasteiger partial charge in [0.2, 0.25) is 10.0 Å². The zero-order valence-corrected chi connectivity index (χ0v) is 17.4. The highest BCUT2D eigenvalue weighted by molar-refractivity contribution is 7.89. The van der Waals surface area contributed by atoms with E-state index in [0.29, 0.717) is 10.7 Å². The standard InChI is InChI=1S/C19H16Cl2N2O5S/c1-3-10-22-29(26,27)15-7-4-13(5-8-15)19(25)28-12(2)18(24)23-17-9-6-14(20)11-16(17)21/h1,4-9,11-12,22H,10H2,2H3,(H,23,24). The fraction of sp³-hybridized carbons (Fsp3) is 0.158. The highest BCUT2D eigenvalue weighted by Crippen LogP contribution is 2.25. The van der Waals surface area contributed by atoms with E-state index in [0.717, 1.165) is 0 Å². The van der Waals surface area contributed by atoms with E-state index in [1.54, 1.807) is 6.07 Å². The third-order valence-electron chi connectivity index (χ3n) is 3.61. The summed E-state index contributed by atoms with van der Waals surface area (Å²) < 4.78 is 31.2. The van der Waals surface area contributed by atoms with Crippen molar-refractivity contribution >= 4 is 50.8 Å². The number of rotatable bonds is 7. The van der Waals surface area contributed by atoms with Crippen molar-refractivity contribution in [1.82, 2.24) is 4.72 Å². The second-order valence-corrected chi connectivity index (χ2v) is 8.32. The first-order chi connectivity index (χ1) is 13.6. The van der Waals surface area contributed by atoms with Crippen molar-refractivity contribution in [3.8, 4) is 12.3 Å². The van der Waals surface area contributed by atoms with Crippen molar-refractivity contribution in [2.24, 2.45) is 0 Å². The number of terminal acetylenes is 1.